The molecule has 1 unspecified atom stereocenters. The van der Waals surface area contributed by atoms with Crippen LogP contribution < -0.4 is 10.5 Å². The van der Waals surface area contributed by atoms with Crippen molar-refractivity contribution in [3.8, 4) is 5.75 Å². The zero-order valence-corrected chi connectivity index (χ0v) is 14.9. The summed E-state index contributed by atoms with van der Waals surface area (Å²) in [7, 11) is 0. The molecule has 28 heavy (non-hydrogen) atoms. The van der Waals surface area contributed by atoms with Gasteiger partial charge < -0.3 is 15.2 Å². The van der Waals surface area contributed by atoms with E-state index in [0.717, 1.165) is 5.56 Å². The van der Waals surface area contributed by atoms with E-state index in [-0.39, 0.29) is 23.7 Å². The number of hydrogen-bond donors (Lipinski definition) is 1. The van der Waals surface area contributed by atoms with Gasteiger partial charge in [-0.15, -0.1) is 0 Å². The van der Waals surface area contributed by atoms with Crippen LogP contribution >= 0.6 is 0 Å². The zero-order chi connectivity index (χ0) is 19.9. The fourth-order valence-electron chi connectivity index (χ4n) is 2.59. The molecule has 6 heteroatoms. The molecule has 3 rings (SSSR count). The highest BCUT2D eigenvalue weighted by Gasteiger charge is 2.24. The number of benzene rings is 3. The van der Waals surface area contributed by atoms with Crippen molar-refractivity contribution < 1.29 is 23.5 Å². The van der Waals surface area contributed by atoms with Crippen molar-refractivity contribution in [1.29, 1.82) is 0 Å². The number of amides is 1. The van der Waals surface area contributed by atoms with E-state index in [1.165, 1.54) is 18.2 Å². The second-order valence-electron chi connectivity index (χ2n) is 6.01. The van der Waals surface area contributed by atoms with Gasteiger partial charge in [0.1, 0.15) is 23.7 Å². The highest BCUT2D eigenvalue weighted by molar-refractivity contribution is 5.94. The molecular formula is C22H18FNO4. The molecule has 0 radical (unpaired) electrons. The van der Waals surface area contributed by atoms with Crippen molar-refractivity contribution in [2.75, 3.05) is 0 Å². The summed E-state index contributed by atoms with van der Waals surface area (Å²) in [6.07, 6.45) is -1.21. The van der Waals surface area contributed by atoms with E-state index in [9.17, 15) is 14.0 Å². The summed E-state index contributed by atoms with van der Waals surface area (Å²) >= 11 is 0. The van der Waals surface area contributed by atoms with Crippen LogP contribution in [0, 0.1) is 5.82 Å². The second-order valence-corrected chi connectivity index (χ2v) is 6.01. The van der Waals surface area contributed by atoms with Crippen LogP contribution in [0.1, 0.15) is 27.6 Å². The Hall–Kier alpha value is -3.67. The average Bonchev–Trinajstić information content (AvgIpc) is 2.72. The summed E-state index contributed by atoms with van der Waals surface area (Å²) < 4.78 is 24.0. The van der Waals surface area contributed by atoms with Gasteiger partial charge in [-0.3, -0.25) is 4.79 Å². The quantitative estimate of drug-likeness (QED) is 0.634. The predicted molar refractivity (Wildman–Crippen MR) is 101 cm³/mol. The molecule has 142 valence electrons. The van der Waals surface area contributed by atoms with Gasteiger partial charge in [0.25, 0.3) is 5.91 Å². The molecule has 0 bridgehead atoms. The Labute approximate surface area is 161 Å². The molecule has 3 aromatic rings. The van der Waals surface area contributed by atoms with Gasteiger partial charge in [-0.05, 0) is 29.8 Å². The van der Waals surface area contributed by atoms with Crippen LogP contribution in [0.4, 0.5) is 4.39 Å². The normalized spacial score (nSPS) is 11.5. The van der Waals surface area contributed by atoms with Gasteiger partial charge in [0, 0.05) is 5.56 Å². The Balaban J connectivity index is 1.76. The summed E-state index contributed by atoms with van der Waals surface area (Å²) in [5.41, 5.74) is 6.78. The first-order chi connectivity index (χ1) is 13.5. The standard InChI is InChI=1S/C22H18FNO4/c23-17-12-10-15(11-13-17)14-27-19-9-5-4-8-18(19)22(26)28-20(21(24)25)16-6-2-1-3-7-16/h1-13,20H,14H2,(H2,24,25). The number of carbonyl (C=O) groups is 2. The van der Waals surface area contributed by atoms with Crippen LogP contribution in [0.5, 0.6) is 5.75 Å². The van der Waals surface area contributed by atoms with Crippen molar-refractivity contribution in [3.05, 3.63) is 101 Å². The SMILES string of the molecule is NC(=O)C(OC(=O)c1ccccc1OCc1ccc(F)cc1)c1ccccc1. The van der Waals surface area contributed by atoms with Gasteiger partial charge in [-0.2, -0.15) is 0 Å². The molecule has 3 aromatic carbocycles. The van der Waals surface area contributed by atoms with Gasteiger partial charge in [-0.1, -0.05) is 54.6 Å². The summed E-state index contributed by atoms with van der Waals surface area (Å²) in [5, 5.41) is 0. The van der Waals surface area contributed by atoms with Gasteiger partial charge >= 0.3 is 5.97 Å². The lowest BCUT2D eigenvalue weighted by Gasteiger charge is -2.16. The molecule has 0 aliphatic heterocycles. The Kier molecular flexibility index (Phi) is 6.01. The van der Waals surface area contributed by atoms with Crippen LogP contribution in [0.15, 0.2) is 78.9 Å². The Morgan fingerprint density at radius 3 is 2.21 bits per heavy atom. The van der Waals surface area contributed by atoms with Crippen LogP contribution in [0.3, 0.4) is 0 Å². The lowest BCUT2D eigenvalue weighted by molar-refractivity contribution is -0.127. The summed E-state index contributed by atoms with van der Waals surface area (Å²) in [6.45, 7) is 0.141. The fraction of sp³-hybridized carbons (Fsp3) is 0.0909. The third kappa shape index (κ3) is 4.73. The molecule has 0 spiro atoms. The number of carbonyl (C=O) groups excluding carboxylic acids is 2. The summed E-state index contributed by atoms with van der Waals surface area (Å²) in [6, 6.07) is 20.9. The molecule has 0 aliphatic rings. The smallest absolute Gasteiger partial charge is 0.343 e. The van der Waals surface area contributed by atoms with E-state index in [4.69, 9.17) is 15.2 Å². The molecule has 0 aliphatic carbocycles. The maximum Gasteiger partial charge on any atom is 0.343 e. The highest BCUT2D eigenvalue weighted by Crippen LogP contribution is 2.24. The van der Waals surface area contributed by atoms with Crippen LogP contribution in [0.2, 0.25) is 0 Å². The molecule has 0 saturated carbocycles. The number of esters is 1. The minimum Gasteiger partial charge on any atom is -0.488 e. The second kappa shape index (κ2) is 8.81. The first-order valence-electron chi connectivity index (χ1n) is 8.56. The molecule has 0 aromatic heterocycles. The van der Waals surface area contributed by atoms with Crippen molar-refractivity contribution in [2.45, 2.75) is 12.7 Å². The monoisotopic (exact) mass is 379 g/mol. The first-order valence-corrected chi connectivity index (χ1v) is 8.56. The number of halogens is 1. The molecule has 0 saturated heterocycles. The zero-order valence-electron chi connectivity index (χ0n) is 14.9. The highest BCUT2D eigenvalue weighted by atomic mass is 19.1. The third-order valence-corrected chi connectivity index (χ3v) is 4.00. The van der Waals surface area contributed by atoms with Crippen molar-refractivity contribution in [2.24, 2.45) is 5.73 Å². The molecule has 1 atom stereocenters. The molecule has 5 nitrogen and oxygen atoms in total. The third-order valence-electron chi connectivity index (χ3n) is 4.00. The van der Waals surface area contributed by atoms with E-state index in [2.05, 4.69) is 0 Å². The molecule has 1 amide bonds. The molecule has 0 fully saturated rings. The lowest BCUT2D eigenvalue weighted by atomic mass is 10.1. The van der Waals surface area contributed by atoms with E-state index in [0.29, 0.717) is 5.56 Å². The Morgan fingerprint density at radius 1 is 0.893 bits per heavy atom. The van der Waals surface area contributed by atoms with Crippen LogP contribution in [-0.2, 0) is 16.1 Å². The largest absolute Gasteiger partial charge is 0.488 e. The molecule has 2 N–H and O–H groups in total. The number of ether oxygens (including phenoxy) is 2. The van der Waals surface area contributed by atoms with E-state index in [1.54, 1.807) is 60.7 Å². The van der Waals surface area contributed by atoms with Crippen LogP contribution in [-0.4, -0.2) is 11.9 Å². The van der Waals surface area contributed by atoms with E-state index in [1.807, 2.05) is 0 Å². The predicted octanol–water partition coefficient (Wildman–Crippen LogP) is 3.79. The number of rotatable bonds is 7. The fourth-order valence-corrected chi connectivity index (χ4v) is 2.59. The molecular weight excluding hydrogens is 361 g/mol. The lowest BCUT2D eigenvalue weighted by Crippen LogP contribution is -2.26. The number of hydrogen-bond acceptors (Lipinski definition) is 4. The Bertz CT molecular complexity index is 958. The van der Waals surface area contributed by atoms with Gasteiger partial charge in [0.2, 0.25) is 6.10 Å². The maximum atomic E-state index is 13.0. The van der Waals surface area contributed by atoms with Crippen molar-refractivity contribution >= 4 is 11.9 Å². The number of primary amides is 1. The maximum absolute atomic E-state index is 13.0. The van der Waals surface area contributed by atoms with Gasteiger partial charge in [0.15, 0.2) is 0 Å². The number of nitrogens with two attached hydrogens (primary N) is 1. The Morgan fingerprint density at radius 2 is 1.54 bits per heavy atom. The van der Waals surface area contributed by atoms with Crippen molar-refractivity contribution in [3.63, 3.8) is 0 Å². The average molecular weight is 379 g/mol. The van der Waals surface area contributed by atoms with Crippen molar-refractivity contribution in [1.82, 2.24) is 0 Å². The van der Waals surface area contributed by atoms with Crippen LogP contribution in [0.25, 0.3) is 0 Å². The first kappa shape index (κ1) is 19.1. The minimum absolute atomic E-state index is 0.141. The molecule has 0 heterocycles. The van der Waals surface area contributed by atoms with Gasteiger partial charge in [-0.25, -0.2) is 9.18 Å². The summed E-state index contributed by atoms with van der Waals surface area (Å²) in [5.74, 6) is -1.56. The van der Waals surface area contributed by atoms with E-state index >= 15 is 0 Å². The van der Waals surface area contributed by atoms with Gasteiger partial charge in [0.05, 0.1) is 0 Å². The topological polar surface area (TPSA) is 78.6 Å². The minimum atomic E-state index is -1.21. The summed E-state index contributed by atoms with van der Waals surface area (Å²) in [4.78, 5) is 24.4. The van der Waals surface area contributed by atoms with E-state index < -0.39 is 18.0 Å². The number of para-hydroxylation sites is 1.